The third-order valence-electron chi connectivity index (χ3n) is 3.11. The molecule has 6 heteroatoms. The third kappa shape index (κ3) is 6.00. The molecule has 0 heterocycles. The van der Waals surface area contributed by atoms with Crippen LogP contribution in [-0.2, 0) is 4.79 Å². The second kappa shape index (κ2) is 8.79. The fourth-order valence-electron chi connectivity index (χ4n) is 2.12. The lowest BCUT2D eigenvalue weighted by Crippen LogP contribution is -2.07. The summed E-state index contributed by atoms with van der Waals surface area (Å²) in [6, 6.07) is 10.3. The Morgan fingerprint density at radius 3 is 2.36 bits per heavy atom. The molecule has 0 radical (unpaired) electrons. The van der Waals surface area contributed by atoms with Crippen LogP contribution < -0.4 is 14.8 Å². The van der Waals surface area contributed by atoms with E-state index < -0.39 is 0 Å². The van der Waals surface area contributed by atoms with Gasteiger partial charge in [0.2, 0.25) is 5.91 Å². The van der Waals surface area contributed by atoms with Gasteiger partial charge in [-0.1, -0.05) is 29.3 Å². The van der Waals surface area contributed by atoms with Gasteiger partial charge in [-0.3, -0.25) is 4.79 Å². The van der Waals surface area contributed by atoms with Crippen LogP contribution in [-0.4, -0.2) is 19.1 Å². The number of ether oxygens (including phenoxy) is 2. The first-order valence-electron chi connectivity index (χ1n) is 7.67. The van der Waals surface area contributed by atoms with Gasteiger partial charge in [-0.2, -0.15) is 0 Å². The maximum Gasteiger partial charge on any atom is 0.248 e. The Bertz CT molecular complexity index is 768. The topological polar surface area (TPSA) is 47.6 Å². The number of methoxy groups -OCH3 is 1. The number of carbonyl (C=O) groups excluding carboxylic acids is 1. The number of hydrogen-bond donors (Lipinski definition) is 1. The molecule has 0 aliphatic rings. The van der Waals surface area contributed by atoms with Crippen molar-refractivity contribution in [2.24, 2.45) is 0 Å². The minimum Gasteiger partial charge on any atom is -0.493 e. The summed E-state index contributed by atoms with van der Waals surface area (Å²) in [6.07, 6.45) is 3.15. The highest BCUT2D eigenvalue weighted by Crippen LogP contribution is 2.29. The van der Waals surface area contributed by atoms with Gasteiger partial charge < -0.3 is 14.8 Å². The number of anilines is 1. The Hall–Kier alpha value is -2.17. The molecule has 1 N–H and O–H groups in total. The molecule has 1 amide bonds. The molecule has 0 aliphatic carbocycles. The van der Waals surface area contributed by atoms with Crippen molar-refractivity contribution in [3.8, 4) is 11.5 Å². The molecule has 0 atom stereocenters. The van der Waals surface area contributed by atoms with Crippen molar-refractivity contribution in [3.05, 3.63) is 58.1 Å². The maximum absolute atomic E-state index is 12.0. The summed E-state index contributed by atoms with van der Waals surface area (Å²) in [4.78, 5) is 12.0. The van der Waals surface area contributed by atoms with Gasteiger partial charge in [0.25, 0.3) is 0 Å². The lowest BCUT2D eigenvalue weighted by atomic mass is 10.2. The molecule has 0 fully saturated rings. The summed E-state index contributed by atoms with van der Waals surface area (Å²) >= 11 is 11.8. The van der Waals surface area contributed by atoms with E-state index in [4.69, 9.17) is 32.7 Å². The van der Waals surface area contributed by atoms with E-state index in [9.17, 15) is 4.79 Å². The predicted octanol–water partition coefficient (Wildman–Crippen LogP) is 5.44. The van der Waals surface area contributed by atoms with E-state index in [-0.39, 0.29) is 12.0 Å². The number of benzene rings is 2. The molecule has 2 rings (SSSR count). The quantitative estimate of drug-likeness (QED) is 0.679. The summed E-state index contributed by atoms with van der Waals surface area (Å²) in [5.41, 5.74) is 1.35. The van der Waals surface area contributed by atoms with Gasteiger partial charge in [0.15, 0.2) is 11.5 Å². The first kappa shape index (κ1) is 19.2. The number of nitrogens with one attached hydrogen (secondary N) is 1. The van der Waals surface area contributed by atoms with E-state index in [2.05, 4.69) is 5.32 Å². The molecule has 0 saturated heterocycles. The molecule has 0 unspecified atom stereocenters. The first-order valence-corrected chi connectivity index (χ1v) is 8.43. The first-order chi connectivity index (χ1) is 11.9. The molecule has 2 aromatic carbocycles. The van der Waals surface area contributed by atoms with Gasteiger partial charge in [-0.05, 0) is 55.8 Å². The normalized spacial score (nSPS) is 11.0. The second-order valence-electron chi connectivity index (χ2n) is 5.56. The van der Waals surface area contributed by atoms with Gasteiger partial charge in [-0.15, -0.1) is 0 Å². The van der Waals surface area contributed by atoms with Crippen molar-refractivity contribution in [2.75, 3.05) is 12.4 Å². The standard InChI is InChI=1S/C19H19Cl2NO3/c1-12(2)25-17-6-4-13(8-18(17)24-3)5-7-19(23)22-16-10-14(20)9-15(21)11-16/h4-12H,1-3H3,(H,22,23)/b7-5+. The molecule has 25 heavy (non-hydrogen) atoms. The Kier molecular flexibility index (Phi) is 6.73. The number of halogens is 2. The van der Waals surface area contributed by atoms with Crippen molar-refractivity contribution in [3.63, 3.8) is 0 Å². The summed E-state index contributed by atoms with van der Waals surface area (Å²) in [7, 11) is 1.58. The van der Waals surface area contributed by atoms with Crippen molar-refractivity contribution in [1.29, 1.82) is 0 Å². The Labute approximate surface area is 157 Å². The fourth-order valence-corrected chi connectivity index (χ4v) is 2.65. The van der Waals surface area contributed by atoms with Gasteiger partial charge >= 0.3 is 0 Å². The average Bonchev–Trinajstić information content (AvgIpc) is 2.52. The maximum atomic E-state index is 12.0. The summed E-state index contributed by atoms with van der Waals surface area (Å²) in [6.45, 7) is 3.89. The Morgan fingerprint density at radius 2 is 1.76 bits per heavy atom. The molecular weight excluding hydrogens is 361 g/mol. The monoisotopic (exact) mass is 379 g/mol. The van der Waals surface area contributed by atoms with E-state index in [1.165, 1.54) is 6.08 Å². The Morgan fingerprint density at radius 1 is 1.08 bits per heavy atom. The molecule has 0 bridgehead atoms. The fraction of sp³-hybridized carbons (Fsp3) is 0.211. The largest absolute Gasteiger partial charge is 0.493 e. The van der Waals surface area contributed by atoms with E-state index in [1.807, 2.05) is 26.0 Å². The van der Waals surface area contributed by atoms with Crippen LogP contribution in [0.15, 0.2) is 42.5 Å². The van der Waals surface area contributed by atoms with E-state index in [1.54, 1.807) is 37.5 Å². The van der Waals surface area contributed by atoms with Gasteiger partial charge in [0, 0.05) is 21.8 Å². The minimum absolute atomic E-state index is 0.0468. The molecule has 0 saturated carbocycles. The zero-order valence-electron chi connectivity index (χ0n) is 14.2. The van der Waals surface area contributed by atoms with Crippen LogP contribution >= 0.6 is 23.2 Å². The second-order valence-corrected chi connectivity index (χ2v) is 6.43. The highest BCUT2D eigenvalue weighted by molar-refractivity contribution is 6.35. The van der Waals surface area contributed by atoms with E-state index in [0.29, 0.717) is 27.2 Å². The zero-order valence-corrected chi connectivity index (χ0v) is 15.7. The van der Waals surface area contributed by atoms with Crippen molar-refractivity contribution in [2.45, 2.75) is 20.0 Å². The lowest BCUT2D eigenvalue weighted by Gasteiger charge is -2.13. The molecular formula is C19H19Cl2NO3. The molecule has 2 aromatic rings. The molecule has 0 aliphatic heterocycles. The predicted molar refractivity (Wildman–Crippen MR) is 103 cm³/mol. The number of rotatable bonds is 6. The SMILES string of the molecule is COc1cc(/C=C/C(=O)Nc2cc(Cl)cc(Cl)c2)ccc1OC(C)C. The summed E-state index contributed by atoms with van der Waals surface area (Å²) in [5, 5.41) is 3.62. The van der Waals surface area contributed by atoms with Gasteiger partial charge in [0.05, 0.1) is 13.2 Å². The van der Waals surface area contributed by atoms with Crippen LogP contribution in [0.1, 0.15) is 19.4 Å². The highest BCUT2D eigenvalue weighted by atomic mass is 35.5. The molecule has 4 nitrogen and oxygen atoms in total. The van der Waals surface area contributed by atoms with Crippen LogP contribution in [0.4, 0.5) is 5.69 Å². The van der Waals surface area contributed by atoms with Crippen LogP contribution in [0.25, 0.3) is 6.08 Å². The van der Waals surface area contributed by atoms with Gasteiger partial charge in [-0.25, -0.2) is 0 Å². The average molecular weight is 380 g/mol. The number of carbonyl (C=O) groups is 1. The molecule has 132 valence electrons. The lowest BCUT2D eigenvalue weighted by molar-refractivity contribution is -0.111. The summed E-state index contributed by atoms with van der Waals surface area (Å²) < 4.78 is 11.0. The molecule has 0 spiro atoms. The van der Waals surface area contributed by atoms with Crippen LogP contribution in [0, 0.1) is 0 Å². The van der Waals surface area contributed by atoms with Crippen LogP contribution in [0.5, 0.6) is 11.5 Å². The van der Waals surface area contributed by atoms with E-state index >= 15 is 0 Å². The van der Waals surface area contributed by atoms with Gasteiger partial charge in [0.1, 0.15) is 0 Å². The summed E-state index contributed by atoms with van der Waals surface area (Å²) in [5.74, 6) is 0.977. The van der Waals surface area contributed by atoms with Crippen molar-refractivity contribution >= 4 is 40.9 Å². The van der Waals surface area contributed by atoms with Crippen LogP contribution in [0.3, 0.4) is 0 Å². The Balaban J connectivity index is 2.08. The third-order valence-corrected chi connectivity index (χ3v) is 3.54. The number of hydrogen-bond acceptors (Lipinski definition) is 3. The van der Waals surface area contributed by atoms with Crippen molar-refractivity contribution in [1.82, 2.24) is 0 Å². The minimum atomic E-state index is -0.292. The zero-order chi connectivity index (χ0) is 18.4. The number of amides is 1. The van der Waals surface area contributed by atoms with Crippen LogP contribution in [0.2, 0.25) is 10.0 Å². The van der Waals surface area contributed by atoms with E-state index in [0.717, 1.165) is 5.56 Å². The molecule has 0 aromatic heterocycles. The highest BCUT2D eigenvalue weighted by Gasteiger charge is 2.07. The van der Waals surface area contributed by atoms with Crippen molar-refractivity contribution < 1.29 is 14.3 Å². The smallest absolute Gasteiger partial charge is 0.248 e.